The molecule has 3 aromatic carbocycles. The van der Waals surface area contributed by atoms with E-state index in [2.05, 4.69) is 73.7 Å². The molecule has 0 aliphatic heterocycles. The summed E-state index contributed by atoms with van der Waals surface area (Å²) >= 11 is 3.80. The highest BCUT2D eigenvalue weighted by Crippen LogP contribution is 2.43. The molecule has 0 nitrogen and oxygen atoms in total. The highest BCUT2D eigenvalue weighted by molar-refractivity contribution is 7.29. The molecule has 5 aromatic rings. The molecule has 0 spiro atoms. The monoisotopic (exact) mass is 330 g/mol. The maximum Gasteiger partial charge on any atom is 0.0459 e. The highest BCUT2D eigenvalue weighted by Gasteiger charge is 2.13. The molecule has 0 saturated carbocycles. The lowest BCUT2D eigenvalue weighted by molar-refractivity contribution is 1.66. The molecule has 0 N–H and O–H groups in total. The molecule has 0 saturated heterocycles. The number of aryl methyl sites for hydroxylation is 1. The summed E-state index contributed by atoms with van der Waals surface area (Å²) in [6.45, 7) is 2.18. The quantitative estimate of drug-likeness (QED) is 0.284. The van der Waals surface area contributed by atoms with Crippen LogP contribution < -0.4 is 0 Å². The molecule has 110 valence electrons. The van der Waals surface area contributed by atoms with Gasteiger partial charge in [0, 0.05) is 24.7 Å². The van der Waals surface area contributed by atoms with Crippen LogP contribution in [0.5, 0.6) is 0 Å². The average Bonchev–Trinajstić information content (AvgIpc) is 3.09. The van der Waals surface area contributed by atoms with Gasteiger partial charge in [-0.3, -0.25) is 0 Å². The number of hydrogen-bond donors (Lipinski definition) is 0. The second-order valence-corrected chi connectivity index (χ2v) is 8.26. The van der Waals surface area contributed by atoms with Gasteiger partial charge in [0.15, 0.2) is 0 Å². The Balaban J connectivity index is 1.94. The largest absolute Gasteiger partial charge is 0.140 e. The zero-order chi connectivity index (χ0) is 15.4. The lowest BCUT2D eigenvalue weighted by Crippen LogP contribution is -1.82. The molecule has 0 aliphatic carbocycles. The van der Waals surface area contributed by atoms with Gasteiger partial charge in [0.2, 0.25) is 0 Å². The van der Waals surface area contributed by atoms with Gasteiger partial charge in [-0.2, -0.15) is 0 Å². The topological polar surface area (TPSA) is 0 Å². The molecule has 5 rings (SSSR count). The van der Waals surface area contributed by atoms with E-state index >= 15 is 0 Å². The van der Waals surface area contributed by atoms with Crippen molar-refractivity contribution in [3.63, 3.8) is 0 Å². The van der Waals surface area contributed by atoms with Gasteiger partial charge < -0.3 is 0 Å². The molecule has 0 aliphatic rings. The Morgan fingerprint density at radius 2 is 1.26 bits per heavy atom. The van der Waals surface area contributed by atoms with Gasteiger partial charge in [-0.1, -0.05) is 48.5 Å². The standard InChI is InChI=1S/C21H14S2/c1-13-10-18-19(22-13)12-20(23-18)21-16-8-4-2-6-14(16)11-15-7-3-5-9-17(15)21/h2-12H,1H3. The van der Waals surface area contributed by atoms with Gasteiger partial charge in [-0.05, 0) is 46.7 Å². The number of fused-ring (bicyclic) bond motifs is 3. The van der Waals surface area contributed by atoms with Crippen molar-refractivity contribution in [2.75, 3.05) is 0 Å². The average molecular weight is 330 g/mol. The zero-order valence-electron chi connectivity index (χ0n) is 12.7. The number of hydrogen-bond acceptors (Lipinski definition) is 2. The van der Waals surface area contributed by atoms with E-state index in [9.17, 15) is 0 Å². The SMILES string of the molecule is Cc1cc2sc(-c3c4ccccc4cc4ccccc34)cc2s1. The summed E-state index contributed by atoms with van der Waals surface area (Å²) in [5.41, 5.74) is 1.38. The summed E-state index contributed by atoms with van der Waals surface area (Å²) in [6, 6.07) is 24.4. The van der Waals surface area contributed by atoms with Crippen molar-refractivity contribution in [3.05, 3.63) is 71.6 Å². The first-order valence-corrected chi connectivity index (χ1v) is 9.34. The van der Waals surface area contributed by atoms with Crippen LogP contribution in [0.25, 0.3) is 41.4 Å². The van der Waals surface area contributed by atoms with Crippen molar-refractivity contribution in [1.82, 2.24) is 0 Å². The predicted octanol–water partition coefficient (Wildman–Crippen LogP) is 7.24. The van der Waals surface area contributed by atoms with E-state index in [0.29, 0.717) is 0 Å². The van der Waals surface area contributed by atoms with Crippen LogP contribution in [-0.2, 0) is 0 Å². The molecule has 0 radical (unpaired) electrons. The van der Waals surface area contributed by atoms with E-state index < -0.39 is 0 Å². The maximum atomic E-state index is 2.37. The second-order valence-electron chi connectivity index (χ2n) is 5.89. The molecule has 0 unspecified atom stereocenters. The molecule has 2 heterocycles. The molecule has 0 atom stereocenters. The number of benzene rings is 3. The molecule has 2 heteroatoms. The van der Waals surface area contributed by atoms with Crippen molar-refractivity contribution in [2.45, 2.75) is 6.92 Å². The Labute approximate surface area is 142 Å². The van der Waals surface area contributed by atoms with E-state index in [1.807, 2.05) is 22.7 Å². The van der Waals surface area contributed by atoms with Crippen LogP contribution in [0.1, 0.15) is 4.88 Å². The minimum absolute atomic E-state index is 1.31. The van der Waals surface area contributed by atoms with Crippen molar-refractivity contribution < 1.29 is 0 Å². The molecular formula is C21H14S2. The van der Waals surface area contributed by atoms with E-state index in [0.717, 1.165) is 0 Å². The third-order valence-electron chi connectivity index (χ3n) is 4.35. The molecule has 23 heavy (non-hydrogen) atoms. The zero-order valence-corrected chi connectivity index (χ0v) is 14.3. The normalized spacial score (nSPS) is 11.7. The van der Waals surface area contributed by atoms with Gasteiger partial charge in [0.1, 0.15) is 0 Å². The highest BCUT2D eigenvalue weighted by atomic mass is 32.1. The van der Waals surface area contributed by atoms with Crippen molar-refractivity contribution in [1.29, 1.82) is 0 Å². The van der Waals surface area contributed by atoms with Gasteiger partial charge in [-0.15, -0.1) is 22.7 Å². The minimum Gasteiger partial charge on any atom is -0.140 e. The Morgan fingerprint density at radius 1 is 0.652 bits per heavy atom. The third kappa shape index (κ3) is 2.03. The third-order valence-corrected chi connectivity index (χ3v) is 6.57. The lowest BCUT2D eigenvalue weighted by Gasteiger charge is -2.10. The van der Waals surface area contributed by atoms with Crippen molar-refractivity contribution in [3.8, 4) is 10.4 Å². The van der Waals surface area contributed by atoms with Crippen LogP contribution in [0.15, 0.2) is 66.7 Å². The fourth-order valence-electron chi connectivity index (χ4n) is 3.36. The Morgan fingerprint density at radius 3 is 1.91 bits per heavy atom. The summed E-state index contributed by atoms with van der Waals surface area (Å²) < 4.78 is 2.80. The van der Waals surface area contributed by atoms with Gasteiger partial charge >= 0.3 is 0 Å². The Hall–Kier alpha value is -2.16. The van der Waals surface area contributed by atoms with E-state index in [1.54, 1.807) is 0 Å². The molecule has 2 aromatic heterocycles. The molecule has 0 fully saturated rings. The van der Waals surface area contributed by atoms with Crippen LogP contribution in [0.2, 0.25) is 0 Å². The summed E-state index contributed by atoms with van der Waals surface area (Å²) in [4.78, 5) is 2.76. The first kappa shape index (κ1) is 13.3. The lowest BCUT2D eigenvalue weighted by atomic mass is 9.96. The fourth-order valence-corrected chi connectivity index (χ4v) is 5.75. The van der Waals surface area contributed by atoms with Crippen molar-refractivity contribution >= 4 is 53.6 Å². The molecular weight excluding hydrogens is 316 g/mol. The summed E-state index contributed by atoms with van der Waals surface area (Å²) in [5.74, 6) is 0. The summed E-state index contributed by atoms with van der Waals surface area (Å²) in [5, 5.41) is 5.32. The second kappa shape index (κ2) is 4.92. The smallest absolute Gasteiger partial charge is 0.0459 e. The van der Waals surface area contributed by atoms with Crippen LogP contribution in [0, 0.1) is 6.92 Å². The predicted molar refractivity (Wildman–Crippen MR) is 105 cm³/mol. The Kier molecular flexibility index (Phi) is 2.84. The number of rotatable bonds is 1. The van der Waals surface area contributed by atoms with Crippen LogP contribution in [0.4, 0.5) is 0 Å². The van der Waals surface area contributed by atoms with Crippen LogP contribution >= 0.6 is 22.7 Å². The first-order valence-electron chi connectivity index (χ1n) is 7.70. The summed E-state index contributed by atoms with van der Waals surface area (Å²) in [7, 11) is 0. The minimum atomic E-state index is 1.31. The van der Waals surface area contributed by atoms with E-state index in [4.69, 9.17) is 0 Å². The van der Waals surface area contributed by atoms with Crippen molar-refractivity contribution in [2.24, 2.45) is 0 Å². The van der Waals surface area contributed by atoms with Gasteiger partial charge in [-0.25, -0.2) is 0 Å². The molecule has 0 bridgehead atoms. The fraction of sp³-hybridized carbons (Fsp3) is 0.0476. The maximum absolute atomic E-state index is 2.37. The number of thiophene rings is 2. The summed E-state index contributed by atoms with van der Waals surface area (Å²) in [6.07, 6.45) is 0. The van der Waals surface area contributed by atoms with E-state index in [1.165, 1.54) is 46.3 Å². The Bertz CT molecular complexity index is 1090. The van der Waals surface area contributed by atoms with Crippen LogP contribution in [-0.4, -0.2) is 0 Å². The van der Waals surface area contributed by atoms with Gasteiger partial charge in [0.25, 0.3) is 0 Å². The molecule has 0 amide bonds. The van der Waals surface area contributed by atoms with Gasteiger partial charge in [0.05, 0.1) is 0 Å². The van der Waals surface area contributed by atoms with Crippen LogP contribution in [0.3, 0.4) is 0 Å². The van der Waals surface area contributed by atoms with E-state index in [-0.39, 0.29) is 0 Å². The first-order chi connectivity index (χ1) is 11.3.